The van der Waals surface area contributed by atoms with Gasteiger partial charge in [0.05, 0.1) is 10.1 Å². The van der Waals surface area contributed by atoms with E-state index in [-0.39, 0.29) is 5.25 Å². The van der Waals surface area contributed by atoms with E-state index in [0.717, 1.165) is 10.9 Å². The molecular formula is C12H15NO2S. The number of nitrogens with zero attached hydrogens (tertiary/aromatic N) is 1. The molecule has 0 saturated heterocycles. The van der Waals surface area contributed by atoms with Crippen molar-refractivity contribution in [3.8, 4) is 0 Å². The van der Waals surface area contributed by atoms with Gasteiger partial charge in [-0.1, -0.05) is 6.07 Å². The topological polar surface area (TPSA) is 39.1 Å². The van der Waals surface area contributed by atoms with Crippen LogP contribution < -0.4 is 0 Å². The molecule has 1 aromatic heterocycles. The number of fused-ring (bicyclic) bond motifs is 1. The number of aromatic nitrogens is 1. The second kappa shape index (κ2) is 3.63. The van der Waals surface area contributed by atoms with Gasteiger partial charge in [-0.15, -0.1) is 0 Å². The zero-order valence-electron chi connectivity index (χ0n) is 9.64. The minimum Gasteiger partial charge on any atom is -0.351 e. The van der Waals surface area contributed by atoms with E-state index in [9.17, 15) is 8.42 Å². The highest BCUT2D eigenvalue weighted by Gasteiger charge is 2.19. The van der Waals surface area contributed by atoms with Gasteiger partial charge in [0.1, 0.15) is 0 Å². The SMILES string of the molecule is CC(C)S(=O)(=O)c1ccc2ccn(C)c2c1. The van der Waals surface area contributed by atoms with Crippen molar-refractivity contribution < 1.29 is 8.42 Å². The van der Waals surface area contributed by atoms with E-state index in [1.54, 1.807) is 26.0 Å². The van der Waals surface area contributed by atoms with Crippen molar-refractivity contribution in [1.29, 1.82) is 0 Å². The third-order valence-corrected chi connectivity index (χ3v) is 4.96. The van der Waals surface area contributed by atoms with Crippen LogP contribution in [0.3, 0.4) is 0 Å². The fraction of sp³-hybridized carbons (Fsp3) is 0.333. The molecule has 16 heavy (non-hydrogen) atoms. The molecule has 0 bridgehead atoms. The summed E-state index contributed by atoms with van der Waals surface area (Å²) in [6.45, 7) is 3.40. The summed E-state index contributed by atoms with van der Waals surface area (Å²) in [6.07, 6.45) is 1.93. The van der Waals surface area contributed by atoms with E-state index in [2.05, 4.69) is 0 Å². The number of rotatable bonds is 2. The smallest absolute Gasteiger partial charge is 0.180 e. The summed E-state index contributed by atoms with van der Waals surface area (Å²) in [6, 6.07) is 7.24. The summed E-state index contributed by atoms with van der Waals surface area (Å²) >= 11 is 0. The fourth-order valence-electron chi connectivity index (χ4n) is 1.69. The Bertz CT molecular complexity index is 624. The molecule has 0 saturated carbocycles. The van der Waals surface area contributed by atoms with Crippen LogP contribution in [0.4, 0.5) is 0 Å². The van der Waals surface area contributed by atoms with E-state index >= 15 is 0 Å². The maximum Gasteiger partial charge on any atom is 0.180 e. The molecule has 86 valence electrons. The molecule has 0 N–H and O–H groups in total. The first kappa shape index (κ1) is 11.2. The average Bonchev–Trinajstić information content (AvgIpc) is 2.60. The molecule has 2 rings (SSSR count). The van der Waals surface area contributed by atoms with Crippen LogP contribution in [0.1, 0.15) is 13.8 Å². The summed E-state index contributed by atoms with van der Waals surface area (Å²) in [4.78, 5) is 0.400. The largest absolute Gasteiger partial charge is 0.351 e. The van der Waals surface area contributed by atoms with Crippen LogP contribution in [-0.2, 0) is 16.9 Å². The molecule has 0 amide bonds. The van der Waals surface area contributed by atoms with Crippen LogP contribution in [-0.4, -0.2) is 18.2 Å². The predicted octanol–water partition coefficient (Wildman–Crippen LogP) is 2.36. The average molecular weight is 237 g/mol. The van der Waals surface area contributed by atoms with Gasteiger partial charge in [-0.05, 0) is 37.4 Å². The monoisotopic (exact) mass is 237 g/mol. The lowest BCUT2D eigenvalue weighted by Crippen LogP contribution is -2.13. The molecule has 0 spiro atoms. The maximum atomic E-state index is 12.0. The highest BCUT2D eigenvalue weighted by molar-refractivity contribution is 7.92. The van der Waals surface area contributed by atoms with Gasteiger partial charge < -0.3 is 4.57 Å². The van der Waals surface area contributed by atoms with Gasteiger partial charge in [-0.25, -0.2) is 8.42 Å². The molecule has 3 nitrogen and oxygen atoms in total. The zero-order valence-corrected chi connectivity index (χ0v) is 10.5. The van der Waals surface area contributed by atoms with E-state index in [1.165, 1.54) is 0 Å². The molecule has 0 aliphatic rings. The van der Waals surface area contributed by atoms with Gasteiger partial charge in [0.15, 0.2) is 9.84 Å². The first-order valence-electron chi connectivity index (χ1n) is 5.22. The van der Waals surface area contributed by atoms with Gasteiger partial charge >= 0.3 is 0 Å². The minimum atomic E-state index is -3.18. The van der Waals surface area contributed by atoms with E-state index in [1.807, 2.05) is 29.9 Å². The summed E-state index contributed by atoms with van der Waals surface area (Å²) in [5.41, 5.74) is 0.946. The molecule has 2 aromatic rings. The number of hydrogen-bond acceptors (Lipinski definition) is 2. The Kier molecular flexibility index (Phi) is 2.54. The Morgan fingerprint density at radius 1 is 1.19 bits per heavy atom. The second-order valence-corrected chi connectivity index (χ2v) is 6.75. The highest BCUT2D eigenvalue weighted by atomic mass is 32.2. The van der Waals surface area contributed by atoms with Crippen molar-refractivity contribution in [3.63, 3.8) is 0 Å². The molecule has 0 atom stereocenters. The van der Waals surface area contributed by atoms with Crippen molar-refractivity contribution in [2.45, 2.75) is 24.0 Å². The van der Waals surface area contributed by atoms with Crippen LogP contribution >= 0.6 is 0 Å². The van der Waals surface area contributed by atoms with Gasteiger partial charge in [0.2, 0.25) is 0 Å². The molecule has 1 aromatic carbocycles. The molecule has 0 fully saturated rings. The van der Waals surface area contributed by atoms with Crippen molar-refractivity contribution in [2.24, 2.45) is 7.05 Å². The zero-order chi connectivity index (χ0) is 11.9. The minimum absolute atomic E-state index is 0.384. The summed E-state index contributed by atoms with van der Waals surface area (Å²) in [5, 5.41) is 0.676. The van der Waals surface area contributed by atoms with Crippen LogP contribution in [0, 0.1) is 0 Å². The quantitative estimate of drug-likeness (QED) is 0.804. The molecule has 0 aliphatic heterocycles. The first-order valence-corrected chi connectivity index (χ1v) is 6.76. The molecule has 0 radical (unpaired) electrons. The summed E-state index contributed by atoms with van der Waals surface area (Å²) in [7, 11) is -1.27. The number of benzene rings is 1. The second-order valence-electron chi connectivity index (χ2n) is 4.24. The van der Waals surface area contributed by atoms with Crippen molar-refractivity contribution in [1.82, 2.24) is 4.57 Å². The standard InChI is InChI=1S/C12H15NO2S/c1-9(2)16(14,15)11-5-4-10-6-7-13(3)12(10)8-11/h4-9H,1-3H3. The Hall–Kier alpha value is -1.29. The Labute approximate surface area is 95.6 Å². The van der Waals surface area contributed by atoms with Crippen molar-refractivity contribution in [3.05, 3.63) is 30.5 Å². The van der Waals surface area contributed by atoms with Gasteiger partial charge in [0.25, 0.3) is 0 Å². The van der Waals surface area contributed by atoms with Crippen LogP contribution in [0.25, 0.3) is 10.9 Å². The third-order valence-electron chi connectivity index (χ3n) is 2.81. The molecule has 1 heterocycles. The normalized spacial score (nSPS) is 12.5. The van der Waals surface area contributed by atoms with Crippen LogP contribution in [0.15, 0.2) is 35.4 Å². The Morgan fingerprint density at radius 3 is 2.50 bits per heavy atom. The molecular weight excluding hydrogens is 222 g/mol. The Morgan fingerprint density at radius 2 is 1.88 bits per heavy atom. The van der Waals surface area contributed by atoms with Gasteiger partial charge in [-0.2, -0.15) is 0 Å². The number of sulfone groups is 1. The van der Waals surface area contributed by atoms with Gasteiger partial charge in [0, 0.05) is 18.8 Å². The molecule has 0 aliphatic carbocycles. The van der Waals surface area contributed by atoms with Crippen LogP contribution in [0.5, 0.6) is 0 Å². The van der Waals surface area contributed by atoms with E-state index in [4.69, 9.17) is 0 Å². The number of hydrogen-bond donors (Lipinski definition) is 0. The summed E-state index contributed by atoms with van der Waals surface area (Å²) in [5.74, 6) is 0. The van der Waals surface area contributed by atoms with Crippen LogP contribution in [0.2, 0.25) is 0 Å². The summed E-state index contributed by atoms with van der Waals surface area (Å²) < 4.78 is 25.9. The lowest BCUT2D eigenvalue weighted by molar-refractivity contribution is 0.587. The third kappa shape index (κ3) is 1.63. The number of aryl methyl sites for hydroxylation is 1. The van der Waals surface area contributed by atoms with Crippen molar-refractivity contribution in [2.75, 3.05) is 0 Å². The Balaban J connectivity index is 2.68. The van der Waals surface area contributed by atoms with E-state index in [0.29, 0.717) is 4.90 Å². The molecule has 4 heteroatoms. The van der Waals surface area contributed by atoms with Gasteiger partial charge in [-0.3, -0.25) is 0 Å². The lowest BCUT2D eigenvalue weighted by atomic mass is 10.2. The fourth-order valence-corrected chi connectivity index (χ4v) is 2.77. The maximum absolute atomic E-state index is 12.0. The van der Waals surface area contributed by atoms with E-state index < -0.39 is 9.84 Å². The lowest BCUT2D eigenvalue weighted by Gasteiger charge is -2.08. The highest BCUT2D eigenvalue weighted by Crippen LogP contribution is 2.22. The first-order chi connectivity index (χ1) is 7.43. The molecule has 0 unspecified atom stereocenters. The van der Waals surface area contributed by atoms with Crippen molar-refractivity contribution >= 4 is 20.7 Å². The predicted molar refractivity (Wildman–Crippen MR) is 65.2 cm³/mol.